The normalized spacial score (nSPS) is 11.2. The summed E-state index contributed by atoms with van der Waals surface area (Å²) in [6, 6.07) is 160. The molecule has 0 amide bonds. The van der Waals surface area contributed by atoms with Crippen LogP contribution in [-0.4, -0.2) is 59.8 Å². The Balaban J connectivity index is 0.000000103. The molecule has 28 aromatic rings. The van der Waals surface area contributed by atoms with E-state index in [0.29, 0.717) is 23.3 Å². The van der Waals surface area contributed by atoms with E-state index in [1.165, 1.54) is 0 Å². The van der Waals surface area contributed by atoms with Gasteiger partial charge in [0.15, 0.2) is 23.3 Å². The van der Waals surface area contributed by atoms with Gasteiger partial charge in [-0.25, -0.2) is 39.9 Å². The summed E-state index contributed by atoms with van der Waals surface area (Å²) in [4.78, 5) is 57.7. The van der Waals surface area contributed by atoms with Gasteiger partial charge in [0.25, 0.3) is 0 Å². The Kier molecular flexibility index (Phi) is 24.0. The van der Waals surface area contributed by atoms with Crippen LogP contribution < -0.4 is 0 Å². The van der Waals surface area contributed by atoms with E-state index in [1.54, 1.807) is 6.20 Å². The molecule has 16 aromatic carbocycles. The van der Waals surface area contributed by atoms with E-state index in [0.717, 1.165) is 245 Å². The molecular weight excluding hydrogens is 1820 g/mol. The number of hydrogen-bond acceptors (Lipinski definition) is 16. The monoisotopic (exact) mass is 1900 g/mol. The van der Waals surface area contributed by atoms with Crippen molar-refractivity contribution in [2.24, 2.45) is 0 Å². The highest BCUT2D eigenvalue weighted by Crippen LogP contribution is 2.43. The molecule has 0 spiro atoms. The Hall–Kier alpha value is -20.4. The van der Waals surface area contributed by atoms with Crippen molar-refractivity contribution in [3.63, 3.8) is 0 Å². The van der Waals surface area contributed by atoms with Crippen LogP contribution in [0.5, 0.6) is 0 Å². The fourth-order valence-electron chi connectivity index (χ4n) is 19.0. The average molecular weight is 1900 g/mol. The molecule has 0 saturated carbocycles. The lowest BCUT2D eigenvalue weighted by Crippen LogP contribution is -1.97. The molecule has 0 saturated heterocycles. The smallest absolute Gasteiger partial charge is 0.161 e. The van der Waals surface area contributed by atoms with E-state index in [-0.39, 0.29) is 0 Å². The Morgan fingerprint density at radius 2 is 0.399 bits per heavy atom. The van der Waals surface area contributed by atoms with Crippen LogP contribution in [0.2, 0.25) is 0 Å². The first-order valence-corrected chi connectivity index (χ1v) is 48.8. The number of para-hydroxylation sites is 4. The van der Waals surface area contributed by atoms with Gasteiger partial charge in [-0.05, 0) is 186 Å². The summed E-state index contributed by atoms with van der Waals surface area (Å²) < 4.78 is 24.2. The van der Waals surface area contributed by atoms with Crippen molar-refractivity contribution in [2.45, 2.75) is 0 Å². The van der Waals surface area contributed by atoms with E-state index >= 15 is 0 Å². The fourth-order valence-corrected chi connectivity index (χ4v) is 19.0. The number of aromatic nitrogens is 12. The van der Waals surface area contributed by atoms with Crippen molar-refractivity contribution in [3.05, 3.63) is 510 Å². The number of hydrogen-bond donors (Lipinski definition) is 0. The van der Waals surface area contributed by atoms with Crippen LogP contribution in [0.1, 0.15) is 0 Å². The first-order valence-electron chi connectivity index (χ1n) is 48.8. The first kappa shape index (κ1) is 89.0. The molecule has 0 bridgehead atoms. The molecule has 16 nitrogen and oxygen atoms in total. The highest BCUT2D eigenvalue weighted by atomic mass is 16.3. The van der Waals surface area contributed by atoms with Gasteiger partial charge >= 0.3 is 0 Å². The second-order valence-electron chi connectivity index (χ2n) is 35.7. The number of rotatable bonds is 16. The molecule has 0 radical (unpaired) electrons. The van der Waals surface area contributed by atoms with Gasteiger partial charge in [0.2, 0.25) is 0 Å². The predicted molar refractivity (Wildman–Crippen MR) is 595 cm³/mol. The molecule has 0 N–H and O–H groups in total. The third-order valence-electron chi connectivity index (χ3n) is 26.4. The topological polar surface area (TPSA) is 207 Å². The summed E-state index contributed by atoms with van der Waals surface area (Å²) in [5, 5.41) is 8.70. The number of nitrogens with zero attached hydrogens (tertiary/aromatic N) is 12. The van der Waals surface area contributed by atoms with Crippen LogP contribution in [-0.2, 0) is 0 Å². The summed E-state index contributed by atoms with van der Waals surface area (Å²) in [6.07, 6.45) is 10.9. The van der Waals surface area contributed by atoms with Crippen molar-refractivity contribution in [1.82, 2.24) is 59.8 Å². The highest BCUT2D eigenvalue weighted by Gasteiger charge is 2.23. The van der Waals surface area contributed by atoms with E-state index < -0.39 is 0 Å². The summed E-state index contributed by atoms with van der Waals surface area (Å²) in [5.41, 5.74) is 34.2. The second kappa shape index (κ2) is 40.0. The summed E-state index contributed by atoms with van der Waals surface area (Å²) in [5.74, 6) is 2.71. The minimum absolute atomic E-state index is 0.662. The number of benzene rings is 16. The number of fused-ring (bicyclic) bond motifs is 12. The summed E-state index contributed by atoms with van der Waals surface area (Å²) in [7, 11) is 0. The summed E-state index contributed by atoms with van der Waals surface area (Å²) in [6.45, 7) is 0. The zero-order valence-electron chi connectivity index (χ0n) is 79.5. The molecule has 28 rings (SSSR count). The first-order chi connectivity index (χ1) is 73.3. The van der Waals surface area contributed by atoms with E-state index in [4.69, 9.17) is 57.5 Å². The minimum atomic E-state index is 0.662. The zero-order valence-corrected chi connectivity index (χ0v) is 79.5. The lowest BCUT2D eigenvalue weighted by atomic mass is 9.99. The molecule has 0 aliphatic carbocycles. The Morgan fingerprint density at radius 1 is 0.128 bits per heavy atom. The van der Waals surface area contributed by atoms with E-state index in [9.17, 15) is 0 Å². The largest absolute Gasteiger partial charge is 0.456 e. The minimum Gasteiger partial charge on any atom is -0.456 e. The number of furan rings is 4. The molecule has 696 valence electrons. The zero-order chi connectivity index (χ0) is 98.4. The van der Waals surface area contributed by atoms with Gasteiger partial charge < -0.3 is 17.7 Å². The highest BCUT2D eigenvalue weighted by molar-refractivity contribution is 6.10. The number of pyridine rings is 4. The maximum atomic E-state index is 6.06. The molecule has 16 heteroatoms. The van der Waals surface area contributed by atoms with Gasteiger partial charge in [0.1, 0.15) is 44.7 Å². The second-order valence-corrected chi connectivity index (χ2v) is 35.7. The molecule has 12 aromatic heterocycles. The van der Waals surface area contributed by atoms with Gasteiger partial charge in [-0.2, -0.15) is 0 Å². The van der Waals surface area contributed by atoms with Gasteiger partial charge in [0, 0.05) is 158 Å². The van der Waals surface area contributed by atoms with Crippen LogP contribution in [0.15, 0.2) is 528 Å². The lowest BCUT2D eigenvalue weighted by molar-refractivity contribution is 0.668. The third-order valence-corrected chi connectivity index (χ3v) is 26.4. The SMILES string of the molecule is c1ccc(-c2cc(-c3ccc4oc5ccccc5c4c3)nc(-c3ccc(-c4ccccn4)cc3)n2)cc1.c1ccc(-c2cc(-c3ccc4oc5ccccc5c4c3)nc(-c3ccc(-c4cccnc4)cc3)n2)cc1.c1ccc(-c2cc(-c3ccc4oc5ccccc5c4c3)nc(-c3ccccc3-c3ccccn3)n2)cc1.c1ccc(-c2cc(-c3ccc4oc5ccccc5c4c3)nc(-c3ccccc3-c3ccncc3)n2)cc1. The van der Waals surface area contributed by atoms with Crippen LogP contribution in [0.25, 0.3) is 268 Å². The van der Waals surface area contributed by atoms with Gasteiger partial charge in [-0.1, -0.05) is 309 Å². The molecule has 0 fully saturated rings. The van der Waals surface area contributed by atoms with Crippen molar-refractivity contribution in [2.75, 3.05) is 0 Å². The van der Waals surface area contributed by atoms with Crippen molar-refractivity contribution >= 4 is 87.8 Å². The van der Waals surface area contributed by atoms with Crippen LogP contribution in [0.4, 0.5) is 0 Å². The third kappa shape index (κ3) is 18.4. The van der Waals surface area contributed by atoms with E-state index in [2.05, 4.69) is 244 Å². The van der Waals surface area contributed by atoms with Crippen molar-refractivity contribution < 1.29 is 17.7 Å². The maximum absolute atomic E-state index is 6.06. The molecule has 0 aliphatic rings. The van der Waals surface area contributed by atoms with Gasteiger partial charge in [-0.3, -0.25) is 19.9 Å². The molecule has 0 unspecified atom stereocenters. The predicted octanol–water partition coefficient (Wildman–Crippen LogP) is 33.8. The van der Waals surface area contributed by atoms with Crippen molar-refractivity contribution in [3.8, 4) is 180 Å². The van der Waals surface area contributed by atoms with Gasteiger partial charge in [-0.15, -0.1) is 0 Å². The Morgan fingerprint density at radius 3 is 0.750 bits per heavy atom. The van der Waals surface area contributed by atoms with Gasteiger partial charge in [0.05, 0.1) is 56.9 Å². The summed E-state index contributed by atoms with van der Waals surface area (Å²) >= 11 is 0. The lowest BCUT2D eigenvalue weighted by Gasteiger charge is -2.12. The van der Waals surface area contributed by atoms with Crippen molar-refractivity contribution in [1.29, 1.82) is 0 Å². The Labute approximate surface area is 850 Å². The Bertz CT molecular complexity index is 9140. The molecule has 0 atom stereocenters. The maximum Gasteiger partial charge on any atom is 0.161 e. The molecule has 148 heavy (non-hydrogen) atoms. The standard InChI is InChI=1S/4C33H21N3O/c1-2-10-22(11-3-1)29-21-30(23-17-18-32-27(20-23)25-13-6-7-16-31(25)37-32)36-33(35-29)26-14-5-4-12-24(26)28-15-8-9-19-34-28;1-2-8-22(9-3-1)29-21-30(25-17-18-32-27(20-25)26-10-4-5-12-31(26)37-32)36-33(35-29)24-15-13-23(14-16-24)28-11-6-7-19-34-28;1-2-8-23(9-3-1)29-21-30(24-14-15-32-28(20-24)26-11-6-7-13-31(26)37-32)36-33(35-29)27-12-5-4-10-25(27)22-16-18-34-19-17-22;1-2-7-23(8-3-1)29-20-30(25-16-17-32-28(19-25)27-10-4-5-11-31(27)37-32)36-33(35-29)24-14-12-22(13-15-24)26-9-6-18-34-21-26/h4*1-21H. The van der Waals surface area contributed by atoms with Crippen LogP contribution in [0.3, 0.4) is 0 Å². The quantitative estimate of drug-likeness (QED) is 0.0881. The molecule has 12 heterocycles. The average Bonchev–Trinajstić information content (AvgIpc) is 1.67. The fraction of sp³-hybridized carbons (Fsp3) is 0. The van der Waals surface area contributed by atoms with Crippen LogP contribution in [0, 0.1) is 0 Å². The van der Waals surface area contributed by atoms with Crippen LogP contribution >= 0.6 is 0 Å². The van der Waals surface area contributed by atoms with E-state index in [1.807, 2.05) is 280 Å². The molecular formula is C132H84N12O4. The molecule has 0 aliphatic heterocycles.